The second kappa shape index (κ2) is 7.39. The Morgan fingerprint density at radius 2 is 2.11 bits per heavy atom. The van der Waals surface area contributed by atoms with Gasteiger partial charge in [0.15, 0.2) is 11.5 Å². The van der Waals surface area contributed by atoms with E-state index in [1.54, 1.807) is 24.7 Å². The first-order chi connectivity index (χ1) is 16.9. The lowest BCUT2D eigenvalue weighted by Crippen LogP contribution is -2.73. The van der Waals surface area contributed by atoms with E-state index in [-0.39, 0.29) is 29.2 Å². The van der Waals surface area contributed by atoms with Crippen LogP contribution in [-0.2, 0) is 16.6 Å². The normalized spacial score (nSPS) is 36.6. The van der Waals surface area contributed by atoms with Crippen molar-refractivity contribution in [2.75, 3.05) is 27.2 Å². The number of hydrogen-bond donors (Lipinski definition) is 1. The zero-order chi connectivity index (χ0) is 23.9. The first-order valence-corrected chi connectivity index (χ1v) is 13.2. The molecular formula is C29H35N2O4+. The van der Waals surface area contributed by atoms with E-state index < -0.39 is 0 Å². The van der Waals surface area contributed by atoms with Crippen LogP contribution in [-0.4, -0.2) is 65.8 Å². The molecule has 1 spiro atoms. The third-order valence-corrected chi connectivity index (χ3v) is 10.1. The van der Waals surface area contributed by atoms with Gasteiger partial charge in [-0.25, -0.2) is 0 Å². The van der Waals surface area contributed by atoms with Crippen LogP contribution in [0.5, 0.6) is 11.5 Å². The van der Waals surface area contributed by atoms with Gasteiger partial charge in [0, 0.05) is 48.9 Å². The summed E-state index contributed by atoms with van der Waals surface area (Å²) in [5.41, 5.74) is 3.39. The van der Waals surface area contributed by atoms with Crippen molar-refractivity contribution < 1.29 is 23.5 Å². The Labute approximate surface area is 206 Å². The average Bonchev–Trinajstić information content (AvgIpc) is 3.36. The Morgan fingerprint density at radius 3 is 2.89 bits per heavy atom. The van der Waals surface area contributed by atoms with E-state index in [2.05, 4.69) is 13.1 Å². The second-order valence-electron chi connectivity index (χ2n) is 12.0. The zero-order valence-electron chi connectivity index (χ0n) is 20.7. The molecule has 1 N–H and O–H groups in total. The predicted octanol–water partition coefficient (Wildman–Crippen LogP) is 4.12. The lowest BCUT2D eigenvalue weighted by molar-refractivity contribution is -0.946. The van der Waals surface area contributed by atoms with E-state index >= 15 is 0 Å². The van der Waals surface area contributed by atoms with Gasteiger partial charge in [-0.15, -0.1) is 0 Å². The van der Waals surface area contributed by atoms with Crippen molar-refractivity contribution in [3.05, 3.63) is 53.5 Å². The summed E-state index contributed by atoms with van der Waals surface area (Å²) in [7, 11) is 4.41. The molecule has 184 valence electrons. The maximum absolute atomic E-state index is 13.2. The number of likely N-dealkylation sites (N-methyl/N-ethyl adjacent to an activating group) is 2. The minimum Gasteiger partial charge on any atom is -0.504 e. The summed E-state index contributed by atoms with van der Waals surface area (Å²) in [6.45, 7) is 2.44. The molecule has 35 heavy (non-hydrogen) atoms. The molecule has 6 atom stereocenters. The van der Waals surface area contributed by atoms with Crippen molar-refractivity contribution in [1.29, 1.82) is 0 Å². The lowest BCUT2D eigenvalue weighted by Gasteiger charge is -2.62. The third-order valence-electron chi connectivity index (χ3n) is 10.1. The maximum atomic E-state index is 13.2. The molecule has 3 unspecified atom stereocenters. The van der Waals surface area contributed by atoms with Crippen molar-refractivity contribution in [3.8, 4) is 11.5 Å². The quantitative estimate of drug-likeness (QED) is 0.522. The van der Waals surface area contributed by atoms with Gasteiger partial charge >= 0.3 is 0 Å². The van der Waals surface area contributed by atoms with Crippen LogP contribution in [0.3, 0.4) is 0 Å². The number of likely N-dealkylation sites (tertiary alicyclic amines) is 1. The summed E-state index contributed by atoms with van der Waals surface area (Å²) >= 11 is 0. The molecule has 1 aromatic heterocycles. The van der Waals surface area contributed by atoms with Crippen molar-refractivity contribution in [1.82, 2.24) is 4.90 Å². The fraction of sp³-hybridized carbons (Fsp3) is 0.552. The number of amides is 1. The van der Waals surface area contributed by atoms with Gasteiger partial charge in [0.25, 0.3) is 0 Å². The largest absolute Gasteiger partial charge is 0.504 e. The number of phenolic OH excluding ortho intramolecular Hbond substituents is 1. The molecule has 3 aliphatic carbocycles. The predicted molar refractivity (Wildman–Crippen MR) is 132 cm³/mol. The van der Waals surface area contributed by atoms with E-state index in [1.807, 2.05) is 24.1 Å². The molecule has 2 saturated carbocycles. The van der Waals surface area contributed by atoms with Gasteiger partial charge in [-0.05, 0) is 49.5 Å². The Balaban J connectivity index is 1.26. The molecule has 6 heteroatoms. The molecule has 5 aliphatic rings. The van der Waals surface area contributed by atoms with Crippen molar-refractivity contribution in [2.45, 2.75) is 62.1 Å². The van der Waals surface area contributed by atoms with E-state index in [0.717, 1.165) is 43.7 Å². The minimum absolute atomic E-state index is 0.0208. The molecule has 2 aromatic rings. The highest BCUT2D eigenvalue weighted by molar-refractivity contribution is 5.91. The SMILES string of the molecule is CN(C(=O)/C=C/c1ccoc1)[C@H]1CCC2C3Cc4ccc(O)c5c4[C@]2(CC[N@@+]3(C)CC2CC2)C1O5. The molecule has 6 nitrogen and oxygen atoms in total. The number of furan rings is 1. The Bertz CT molecular complexity index is 1200. The van der Waals surface area contributed by atoms with Crippen LogP contribution in [0, 0.1) is 11.8 Å². The van der Waals surface area contributed by atoms with Crippen molar-refractivity contribution in [3.63, 3.8) is 0 Å². The third kappa shape index (κ3) is 3.01. The number of rotatable bonds is 5. The summed E-state index contributed by atoms with van der Waals surface area (Å²) < 4.78 is 13.0. The van der Waals surface area contributed by atoms with Gasteiger partial charge in [-0.2, -0.15) is 0 Å². The number of hydrogen-bond acceptors (Lipinski definition) is 4. The van der Waals surface area contributed by atoms with Crippen LogP contribution in [0.15, 0.2) is 41.2 Å². The summed E-state index contributed by atoms with van der Waals surface area (Å²) in [5.74, 6) is 2.34. The topological polar surface area (TPSA) is 62.9 Å². The highest BCUT2D eigenvalue weighted by Crippen LogP contribution is 2.65. The smallest absolute Gasteiger partial charge is 0.246 e. The summed E-state index contributed by atoms with van der Waals surface area (Å²) in [4.78, 5) is 15.1. The molecule has 1 amide bonds. The molecule has 1 aromatic carbocycles. The zero-order valence-corrected chi connectivity index (χ0v) is 20.7. The van der Waals surface area contributed by atoms with Gasteiger partial charge in [0.1, 0.15) is 6.10 Å². The van der Waals surface area contributed by atoms with Gasteiger partial charge in [-0.3, -0.25) is 4.79 Å². The fourth-order valence-electron chi connectivity index (χ4n) is 8.31. The Hall–Kier alpha value is -2.73. The van der Waals surface area contributed by atoms with Gasteiger partial charge in [0.05, 0.1) is 50.2 Å². The first kappa shape index (κ1) is 21.5. The number of piperidine rings is 1. The molecule has 7 rings (SSSR count). The van der Waals surface area contributed by atoms with Crippen LogP contribution in [0.2, 0.25) is 0 Å². The van der Waals surface area contributed by atoms with Gasteiger partial charge < -0.3 is 23.6 Å². The van der Waals surface area contributed by atoms with Crippen molar-refractivity contribution >= 4 is 12.0 Å². The van der Waals surface area contributed by atoms with E-state index in [4.69, 9.17) is 9.15 Å². The number of quaternary nitrogens is 1. The fourth-order valence-corrected chi connectivity index (χ4v) is 8.31. The number of carbonyl (C=O) groups is 1. The van der Waals surface area contributed by atoms with Gasteiger partial charge in [-0.1, -0.05) is 6.07 Å². The highest BCUT2D eigenvalue weighted by Gasteiger charge is 2.69. The minimum atomic E-state index is -0.114. The average molecular weight is 476 g/mol. The molecule has 3 heterocycles. The summed E-state index contributed by atoms with van der Waals surface area (Å²) in [5, 5.41) is 10.8. The maximum Gasteiger partial charge on any atom is 0.246 e. The standard InChI is InChI=1S/C29H34N2O4/c1-30(25(33)10-5-19-11-14-34-17-19)22-8-7-21-23-15-20-6-9-24(32)27-26(20)29(21,28(22)35-27)12-13-31(23,2)16-18-3-4-18/h5-6,9-11,14,17-18,21-23,28H,3-4,7-8,12-13,15-16H2,1-2H3/p+1/b10-5+/t21?,22-,23?,28?,29+,31-/m0/s1. The first-order valence-electron chi connectivity index (χ1n) is 13.2. The lowest BCUT2D eigenvalue weighted by atomic mass is 9.50. The molecule has 0 radical (unpaired) electrons. The van der Waals surface area contributed by atoms with Crippen LogP contribution < -0.4 is 4.74 Å². The van der Waals surface area contributed by atoms with Crippen LogP contribution in [0.4, 0.5) is 0 Å². The summed E-state index contributed by atoms with van der Waals surface area (Å²) in [6.07, 6.45) is 13.5. The van der Waals surface area contributed by atoms with Crippen molar-refractivity contribution in [2.24, 2.45) is 11.8 Å². The molecule has 3 fully saturated rings. The van der Waals surface area contributed by atoms with Crippen LogP contribution in [0.25, 0.3) is 6.08 Å². The summed E-state index contributed by atoms with van der Waals surface area (Å²) in [6, 6.07) is 6.37. The number of phenols is 1. The van der Waals surface area contributed by atoms with E-state index in [0.29, 0.717) is 17.7 Å². The van der Waals surface area contributed by atoms with E-state index in [9.17, 15) is 9.90 Å². The number of nitrogens with zero attached hydrogens (tertiary/aromatic N) is 2. The monoisotopic (exact) mass is 475 g/mol. The van der Waals surface area contributed by atoms with Crippen LogP contribution >= 0.6 is 0 Å². The highest BCUT2D eigenvalue weighted by atomic mass is 16.5. The second-order valence-corrected chi connectivity index (χ2v) is 12.0. The molecule has 2 aliphatic heterocycles. The number of aromatic hydroxyl groups is 1. The van der Waals surface area contributed by atoms with Gasteiger partial charge in [0.2, 0.25) is 5.91 Å². The Morgan fingerprint density at radius 1 is 1.26 bits per heavy atom. The Kier molecular flexibility index (Phi) is 4.55. The number of ether oxygens (including phenoxy) is 1. The number of benzene rings is 1. The number of carbonyl (C=O) groups excluding carboxylic acids is 1. The molecule has 1 saturated heterocycles. The van der Waals surface area contributed by atoms with E-state index in [1.165, 1.54) is 35.0 Å². The molecule has 2 bridgehead atoms. The van der Waals surface area contributed by atoms with Crippen LogP contribution in [0.1, 0.15) is 48.8 Å². The molecular weight excluding hydrogens is 440 g/mol.